The van der Waals surface area contributed by atoms with Crippen LogP contribution in [0.5, 0.6) is 5.75 Å². The van der Waals surface area contributed by atoms with Crippen molar-refractivity contribution in [2.45, 2.75) is 38.0 Å². The number of benzene rings is 2. The molecule has 1 N–H and O–H groups in total. The lowest BCUT2D eigenvalue weighted by molar-refractivity contribution is -0.132. The molecule has 1 aromatic heterocycles. The van der Waals surface area contributed by atoms with E-state index in [0.29, 0.717) is 12.3 Å². The number of aryl methyl sites for hydroxylation is 1. The summed E-state index contributed by atoms with van der Waals surface area (Å²) in [7, 11) is 1.70. The van der Waals surface area contributed by atoms with E-state index in [4.69, 9.17) is 16.3 Å². The smallest absolute Gasteiger partial charge is 0.222 e. The van der Waals surface area contributed by atoms with Crippen LogP contribution in [0.15, 0.2) is 48.7 Å². The first kappa shape index (κ1) is 19.8. The van der Waals surface area contributed by atoms with Crippen molar-refractivity contribution in [2.24, 2.45) is 0 Å². The summed E-state index contributed by atoms with van der Waals surface area (Å²) >= 11 is 5.92. The number of H-pyrrole nitrogens is 1. The minimum atomic E-state index is 0.276. The highest BCUT2D eigenvalue weighted by atomic mass is 35.5. The molecule has 0 atom stereocenters. The Morgan fingerprint density at radius 3 is 2.66 bits per heavy atom. The van der Waals surface area contributed by atoms with Gasteiger partial charge in [-0.1, -0.05) is 23.7 Å². The number of halogens is 1. The van der Waals surface area contributed by atoms with Gasteiger partial charge in [0.05, 0.1) is 7.11 Å². The lowest BCUT2D eigenvalue weighted by atomic mass is 9.89. The molecule has 0 aliphatic carbocycles. The third kappa shape index (κ3) is 4.59. The minimum absolute atomic E-state index is 0.276. The summed E-state index contributed by atoms with van der Waals surface area (Å²) in [4.78, 5) is 18.0. The monoisotopic (exact) mass is 410 g/mol. The van der Waals surface area contributed by atoms with Crippen molar-refractivity contribution in [3.8, 4) is 5.75 Å². The fourth-order valence-corrected chi connectivity index (χ4v) is 4.40. The van der Waals surface area contributed by atoms with Gasteiger partial charge in [0.15, 0.2) is 0 Å². The number of aromatic nitrogens is 1. The zero-order chi connectivity index (χ0) is 20.2. The van der Waals surface area contributed by atoms with Crippen molar-refractivity contribution in [1.82, 2.24) is 9.88 Å². The molecule has 5 heteroatoms. The molecule has 3 aromatic rings. The second kappa shape index (κ2) is 8.91. The number of rotatable bonds is 6. The Bertz CT molecular complexity index is 972. The Labute approximate surface area is 176 Å². The number of fused-ring (bicyclic) bond motifs is 1. The lowest BCUT2D eigenvalue weighted by Gasteiger charge is -2.32. The van der Waals surface area contributed by atoms with Gasteiger partial charge in [-0.2, -0.15) is 0 Å². The molecular weight excluding hydrogens is 384 g/mol. The number of likely N-dealkylation sites (tertiary alicyclic amines) is 1. The van der Waals surface area contributed by atoms with Gasteiger partial charge in [0.1, 0.15) is 5.75 Å². The molecule has 0 radical (unpaired) electrons. The van der Waals surface area contributed by atoms with Crippen molar-refractivity contribution in [3.63, 3.8) is 0 Å². The summed E-state index contributed by atoms with van der Waals surface area (Å²) in [5, 5.41) is 1.98. The third-order valence-electron chi connectivity index (χ3n) is 5.98. The maximum atomic E-state index is 12.6. The van der Waals surface area contributed by atoms with E-state index in [9.17, 15) is 4.79 Å². The minimum Gasteiger partial charge on any atom is -0.497 e. The maximum absolute atomic E-state index is 12.6. The van der Waals surface area contributed by atoms with Gasteiger partial charge in [-0.3, -0.25) is 4.79 Å². The SMILES string of the molecule is COc1ccc2[nH]cc(C3CCN(C(=O)CCCc4ccc(Cl)cc4)CC3)c2c1. The molecular formula is C24H27ClN2O2. The van der Waals surface area contributed by atoms with E-state index >= 15 is 0 Å². The molecule has 1 fully saturated rings. The highest BCUT2D eigenvalue weighted by molar-refractivity contribution is 6.30. The average Bonchev–Trinajstić information content (AvgIpc) is 3.18. The van der Waals surface area contributed by atoms with Crippen LogP contribution >= 0.6 is 11.6 Å². The summed E-state index contributed by atoms with van der Waals surface area (Å²) in [6.07, 6.45) is 6.54. The van der Waals surface area contributed by atoms with Crippen LogP contribution < -0.4 is 4.74 Å². The highest BCUT2D eigenvalue weighted by Crippen LogP contribution is 2.34. The van der Waals surface area contributed by atoms with Gasteiger partial charge >= 0.3 is 0 Å². The first-order chi connectivity index (χ1) is 14.1. The van der Waals surface area contributed by atoms with Gasteiger partial charge in [0.25, 0.3) is 0 Å². The molecule has 0 bridgehead atoms. The normalized spacial score (nSPS) is 15.0. The summed E-state index contributed by atoms with van der Waals surface area (Å²) < 4.78 is 5.38. The zero-order valence-electron chi connectivity index (χ0n) is 16.8. The van der Waals surface area contributed by atoms with E-state index < -0.39 is 0 Å². The Hall–Kier alpha value is -2.46. The predicted molar refractivity (Wildman–Crippen MR) is 118 cm³/mol. The summed E-state index contributed by atoms with van der Waals surface area (Å²) in [5.41, 5.74) is 3.71. The first-order valence-electron chi connectivity index (χ1n) is 10.3. The second-order valence-electron chi connectivity index (χ2n) is 7.79. The third-order valence-corrected chi connectivity index (χ3v) is 6.23. The number of amides is 1. The number of piperidine rings is 1. The van der Waals surface area contributed by atoms with Crippen molar-refractivity contribution >= 4 is 28.4 Å². The van der Waals surface area contributed by atoms with E-state index in [2.05, 4.69) is 23.3 Å². The average molecular weight is 411 g/mol. The van der Waals surface area contributed by atoms with Gasteiger partial charge in [-0.15, -0.1) is 0 Å². The molecule has 1 aliphatic heterocycles. The molecule has 1 amide bonds. The number of hydrogen-bond acceptors (Lipinski definition) is 2. The van der Waals surface area contributed by atoms with Crippen LogP contribution in [0.25, 0.3) is 10.9 Å². The summed E-state index contributed by atoms with van der Waals surface area (Å²) in [5.74, 6) is 1.64. The fourth-order valence-electron chi connectivity index (χ4n) is 4.28. The maximum Gasteiger partial charge on any atom is 0.222 e. The van der Waals surface area contributed by atoms with Gasteiger partial charge < -0.3 is 14.6 Å². The topological polar surface area (TPSA) is 45.3 Å². The lowest BCUT2D eigenvalue weighted by Crippen LogP contribution is -2.37. The standard InChI is InChI=1S/C24H27ClN2O2/c1-29-20-9-10-23-21(15-20)22(16-26-23)18-11-13-27(14-12-18)24(28)4-2-3-17-5-7-19(25)8-6-17/h5-10,15-16,18,26H,2-4,11-14H2,1H3. The van der Waals surface area contributed by atoms with Crippen molar-refractivity contribution in [1.29, 1.82) is 0 Å². The van der Waals surface area contributed by atoms with Gasteiger partial charge in [0.2, 0.25) is 5.91 Å². The molecule has 29 heavy (non-hydrogen) atoms. The molecule has 0 saturated carbocycles. The molecule has 0 unspecified atom stereocenters. The van der Waals surface area contributed by atoms with Crippen LogP contribution in [0.3, 0.4) is 0 Å². The molecule has 1 aliphatic rings. The van der Waals surface area contributed by atoms with Gasteiger partial charge in [0, 0.05) is 41.6 Å². The van der Waals surface area contributed by atoms with Crippen LogP contribution in [0.4, 0.5) is 0 Å². The van der Waals surface area contributed by atoms with E-state index in [-0.39, 0.29) is 5.91 Å². The number of carbonyl (C=O) groups excluding carboxylic acids is 1. The van der Waals surface area contributed by atoms with Crippen LogP contribution in [-0.4, -0.2) is 36.0 Å². The number of nitrogens with one attached hydrogen (secondary N) is 1. The molecule has 4 rings (SSSR count). The summed E-state index contributed by atoms with van der Waals surface area (Å²) in [6, 6.07) is 14.0. The Morgan fingerprint density at radius 1 is 1.17 bits per heavy atom. The number of aromatic amines is 1. The van der Waals surface area contributed by atoms with Crippen LogP contribution in [0.2, 0.25) is 5.02 Å². The molecule has 2 aromatic carbocycles. The number of methoxy groups -OCH3 is 1. The van der Waals surface area contributed by atoms with E-state index in [1.807, 2.05) is 35.2 Å². The quantitative estimate of drug-likeness (QED) is 0.578. The first-order valence-corrected chi connectivity index (χ1v) is 10.7. The van der Waals surface area contributed by atoms with E-state index in [1.165, 1.54) is 16.5 Å². The second-order valence-corrected chi connectivity index (χ2v) is 8.23. The number of carbonyl (C=O) groups is 1. The van der Waals surface area contributed by atoms with E-state index in [1.54, 1.807) is 7.11 Å². The molecule has 4 nitrogen and oxygen atoms in total. The Morgan fingerprint density at radius 2 is 1.93 bits per heavy atom. The van der Waals surface area contributed by atoms with Crippen LogP contribution in [0, 0.1) is 0 Å². The summed E-state index contributed by atoms with van der Waals surface area (Å²) in [6.45, 7) is 1.67. The molecule has 152 valence electrons. The molecule has 1 saturated heterocycles. The zero-order valence-corrected chi connectivity index (χ0v) is 17.5. The largest absolute Gasteiger partial charge is 0.497 e. The van der Waals surface area contributed by atoms with Crippen molar-refractivity contribution < 1.29 is 9.53 Å². The van der Waals surface area contributed by atoms with Crippen molar-refractivity contribution in [3.05, 3.63) is 64.8 Å². The van der Waals surface area contributed by atoms with Crippen molar-refractivity contribution in [2.75, 3.05) is 20.2 Å². The number of hydrogen-bond donors (Lipinski definition) is 1. The van der Waals surface area contributed by atoms with Gasteiger partial charge in [-0.05, 0) is 73.1 Å². The Balaban J connectivity index is 1.30. The fraction of sp³-hybridized carbons (Fsp3) is 0.375. The van der Waals surface area contributed by atoms with Gasteiger partial charge in [-0.25, -0.2) is 0 Å². The predicted octanol–water partition coefficient (Wildman–Crippen LogP) is 5.56. The Kier molecular flexibility index (Phi) is 6.10. The van der Waals surface area contributed by atoms with Crippen LogP contribution in [-0.2, 0) is 11.2 Å². The molecule has 0 spiro atoms. The van der Waals surface area contributed by atoms with Crippen LogP contribution in [0.1, 0.15) is 42.7 Å². The number of ether oxygens (including phenoxy) is 1. The van der Waals surface area contributed by atoms with E-state index in [0.717, 1.165) is 55.1 Å². The highest BCUT2D eigenvalue weighted by Gasteiger charge is 2.25. The molecule has 2 heterocycles. The number of nitrogens with zero attached hydrogens (tertiary/aromatic N) is 1.